The van der Waals surface area contributed by atoms with Crippen LogP contribution in [0.3, 0.4) is 0 Å². The molecule has 0 aromatic heterocycles. The zero-order chi connectivity index (χ0) is 19.1. The van der Waals surface area contributed by atoms with E-state index >= 15 is 0 Å². The predicted octanol–water partition coefficient (Wildman–Crippen LogP) is 5.34. The second-order valence-electron chi connectivity index (χ2n) is 6.36. The fourth-order valence-corrected chi connectivity index (χ4v) is 3.04. The van der Waals surface area contributed by atoms with E-state index in [1.54, 1.807) is 19.1 Å². The number of hydrogen-bond donors (Lipinski definition) is 0. The highest BCUT2D eigenvalue weighted by Crippen LogP contribution is 2.25. The van der Waals surface area contributed by atoms with Crippen molar-refractivity contribution in [3.8, 4) is 5.75 Å². The fraction of sp³-hybridized carbons (Fsp3) is 0.174. The largest absolute Gasteiger partial charge is 0.479 e. The van der Waals surface area contributed by atoms with Crippen LogP contribution in [0.25, 0.3) is 0 Å². The number of benzene rings is 3. The van der Waals surface area contributed by atoms with Crippen molar-refractivity contribution in [2.75, 3.05) is 0 Å². The summed E-state index contributed by atoms with van der Waals surface area (Å²) in [5.41, 5.74) is 2.15. The van der Waals surface area contributed by atoms with Crippen molar-refractivity contribution in [3.63, 3.8) is 0 Å². The first kappa shape index (κ1) is 19.0. The maximum absolute atomic E-state index is 13.1. The number of halogens is 1. The van der Waals surface area contributed by atoms with Crippen LogP contribution in [0.5, 0.6) is 5.75 Å². The number of amides is 1. The molecular weight excluding hydrogens is 358 g/mol. The van der Waals surface area contributed by atoms with Crippen molar-refractivity contribution in [2.45, 2.75) is 26.1 Å². The molecule has 0 heterocycles. The number of ether oxygens (including phenoxy) is 1. The summed E-state index contributed by atoms with van der Waals surface area (Å²) < 4.78 is 5.84. The highest BCUT2D eigenvalue weighted by Gasteiger charge is 2.23. The first-order valence-corrected chi connectivity index (χ1v) is 9.29. The van der Waals surface area contributed by atoms with E-state index in [0.717, 1.165) is 11.1 Å². The Morgan fingerprint density at radius 2 is 1.33 bits per heavy atom. The first-order valence-electron chi connectivity index (χ1n) is 8.91. The Morgan fingerprint density at radius 3 is 1.85 bits per heavy atom. The van der Waals surface area contributed by atoms with Crippen LogP contribution in [0.15, 0.2) is 84.9 Å². The predicted molar refractivity (Wildman–Crippen MR) is 109 cm³/mol. The quantitative estimate of drug-likeness (QED) is 0.554. The molecule has 0 saturated carbocycles. The van der Waals surface area contributed by atoms with E-state index in [4.69, 9.17) is 16.3 Å². The lowest BCUT2D eigenvalue weighted by molar-refractivity contribution is -0.139. The van der Waals surface area contributed by atoms with Gasteiger partial charge in [-0.15, -0.1) is 0 Å². The van der Waals surface area contributed by atoms with Crippen LogP contribution in [-0.4, -0.2) is 16.9 Å². The van der Waals surface area contributed by atoms with Gasteiger partial charge in [-0.05, 0) is 30.2 Å². The van der Waals surface area contributed by atoms with E-state index in [1.807, 2.05) is 77.7 Å². The van der Waals surface area contributed by atoms with Crippen LogP contribution in [0.4, 0.5) is 0 Å². The minimum atomic E-state index is -0.641. The Hall–Kier alpha value is -2.78. The average Bonchev–Trinajstić information content (AvgIpc) is 2.70. The number of carbonyl (C=O) groups excluding carboxylic acids is 1. The molecule has 138 valence electrons. The number of para-hydroxylation sites is 1. The van der Waals surface area contributed by atoms with Gasteiger partial charge in [0, 0.05) is 13.1 Å². The lowest BCUT2D eigenvalue weighted by atomic mass is 10.1. The normalized spacial score (nSPS) is 11.6. The molecule has 0 fully saturated rings. The second-order valence-corrected chi connectivity index (χ2v) is 6.76. The van der Waals surface area contributed by atoms with Crippen molar-refractivity contribution < 1.29 is 9.53 Å². The van der Waals surface area contributed by atoms with Gasteiger partial charge in [-0.1, -0.05) is 84.4 Å². The molecule has 27 heavy (non-hydrogen) atoms. The van der Waals surface area contributed by atoms with E-state index in [0.29, 0.717) is 23.9 Å². The first-order chi connectivity index (χ1) is 13.1. The van der Waals surface area contributed by atoms with Crippen LogP contribution < -0.4 is 4.74 Å². The average molecular weight is 380 g/mol. The standard InChI is InChI=1S/C23H22ClNO2/c1-18(27-22-15-9-8-14-21(22)24)23(26)25(16-19-10-4-2-5-11-19)17-20-12-6-3-7-13-20/h2-15,18H,16-17H2,1H3/t18-/m0/s1. The van der Waals surface area contributed by atoms with Crippen LogP contribution >= 0.6 is 11.6 Å². The van der Waals surface area contributed by atoms with Crippen molar-refractivity contribution >= 4 is 17.5 Å². The lowest BCUT2D eigenvalue weighted by Gasteiger charge is -2.26. The Bertz CT molecular complexity index is 826. The van der Waals surface area contributed by atoms with E-state index in [2.05, 4.69) is 0 Å². The van der Waals surface area contributed by atoms with Crippen LogP contribution in [0.1, 0.15) is 18.1 Å². The summed E-state index contributed by atoms with van der Waals surface area (Å²) in [5, 5.41) is 0.495. The molecule has 3 aromatic carbocycles. The van der Waals surface area contributed by atoms with Crippen molar-refractivity contribution in [1.82, 2.24) is 4.90 Å². The number of hydrogen-bond acceptors (Lipinski definition) is 2. The minimum Gasteiger partial charge on any atom is -0.479 e. The molecule has 1 amide bonds. The summed E-state index contributed by atoms with van der Waals surface area (Å²) in [4.78, 5) is 14.9. The van der Waals surface area contributed by atoms with E-state index < -0.39 is 6.10 Å². The third-order valence-electron chi connectivity index (χ3n) is 4.23. The molecule has 0 spiro atoms. The highest BCUT2D eigenvalue weighted by atomic mass is 35.5. The maximum atomic E-state index is 13.1. The van der Waals surface area contributed by atoms with Gasteiger partial charge in [0.1, 0.15) is 5.75 Å². The zero-order valence-corrected chi connectivity index (χ0v) is 16.0. The summed E-state index contributed by atoms with van der Waals surface area (Å²) in [5.74, 6) is 0.432. The molecule has 3 aromatic rings. The zero-order valence-electron chi connectivity index (χ0n) is 15.2. The van der Waals surface area contributed by atoms with Crippen LogP contribution in [0, 0.1) is 0 Å². The number of nitrogens with zero attached hydrogens (tertiary/aromatic N) is 1. The number of carbonyl (C=O) groups is 1. The Morgan fingerprint density at radius 1 is 0.852 bits per heavy atom. The summed E-state index contributed by atoms with van der Waals surface area (Å²) >= 11 is 6.16. The van der Waals surface area contributed by atoms with Gasteiger partial charge in [0.05, 0.1) is 5.02 Å². The number of rotatable bonds is 7. The molecule has 1 atom stereocenters. The second kappa shape index (κ2) is 9.24. The van der Waals surface area contributed by atoms with Gasteiger partial charge in [-0.2, -0.15) is 0 Å². The molecule has 0 aliphatic heterocycles. The molecule has 3 nitrogen and oxygen atoms in total. The molecule has 0 bridgehead atoms. The molecule has 3 rings (SSSR count). The Labute approximate surface area is 165 Å². The SMILES string of the molecule is C[C@H](Oc1ccccc1Cl)C(=O)N(Cc1ccccc1)Cc1ccccc1. The van der Waals surface area contributed by atoms with Gasteiger partial charge in [0.2, 0.25) is 0 Å². The molecule has 0 N–H and O–H groups in total. The molecular formula is C23H22ClNO2. The minimum absolute atomic E-state index is 0.0809. The molecule has 0 aliphatic rings. The van der Waals surface area contributed by atoms with Gasteiger partial charge >= 0.3 is 0 Å². The topological polar surface area (TPSA) is 29.5 Å². The van der Waals surface area contributed by atoms with Gasteiger partial charge in [0.25, 0.3) is 5.91 Å². The van der Waals surface area contributed by atoms with Gasteiger partial charge in [-0.3, -0.25) is 4.79 Å². The van der Waals surface area contributed by atoms with Gasteiger partial charge in [0.15, 0.2) is 6.10 Å². The molecule has 0 radical (unpaired) electrons. The third-order valence-corrected chi connectivity index (χ3v) is 4.54. The molecule has 0 saturated heterocycles. The van der Waals surface area contributed by atoms with Crippen molar-refractivity contribution in [3.05, 3.63) is 101 Å². The highest BCUT2D eigenvalue weighted by molar-refractivity contribution is 6.32. The summed E-state index contributed by atoms with van der Waals surface area (Å²) in [6.45, 7) is 2.80. The molecule has 0 aliphatic carbocycles. The lowest BCUT2D eigenvalue weighted by Crippen LogP contribution is -2.39. The van der Waals surface area contributed by atoms with Gasteiger partial charge in [-0.25, -0.2) is 0 Å². The molecule has 0 unspecified atom stereocenters. The van der Waals surface area contributed by atoms with E-state index in [9.17, 15) is 4.79 Å². The van der Waals surface area contributed by atoms with E-state index in [-0.39, 0.29) is 5.91 Å². The van der Waals surface area contributed by atoms with Gasteiger partial charge < -0.3 is 9.64 Å². The van der Waals surface area contributed by atoms with Crippen molar-refractivity contribution in [2.24, 2.45) is 0 Å². The van der Waals surface area contributed by atoms with E-state index in [1.165, 1.54) is 0 Å². The van der Waals surface area contributed by atoms with Crippen LogP contribution in [-0.2, 0) is 17.9 Å². The Balaban J connectivity index is 1.77. The summed E-state index contributed by atoms with van der Waals surface area (Å²) in [7, 11) is 0. The smallest absolute Gasteiger partial charge is 0.263 e. The Kier molecular flexibility index (Phi) is 6.50. The monoisotopic (exact) mass is 379 g/mol. The third kappa shape index (κ3) is 5.35. The fourth-order valence-electron chi connectivity index (χ4n) is 2.86. The van der Waals surface area contributed by atoms with Crippen molar-refractivity contribution in [1.29, 1.82) is 0 Å². The van der Waals surface area contributed by atoms with Crippen LogP contribution in [0.2, 0.25) is 5.02 Å². The maximum Gasteiger partial charge on any atom is 0.263 e. The summed E-state index contributed by atoms with van der Waals surface area (Å²) in [6, 6.07) is 27.1. The summed E-state index contributed by atoms with van der Waals surface area (Å²) in [6.07, 6.45) is -0.641. The molecule has 4 heteroatoms.